The number of alkyl halides is 3. The molecule has 1 aliphatic heterocycles. The number of benzene rings is 1. The van der Waals surface area contributed by atoms with Crippen molar-refractivity contribution in [1.29, 1.82) is 0 Å². The molecule has 31 heavy (non-hydrogen) atoms. The molecule has 9 heteroatoms. The number of carbonyl (C=O) groups is 2. The van der Waals surface area contributed by atoms with Crippen LogP contribution in [0.15, 0.2) is 36.5 Å². The summed E-state index contributed by atoms with van der Waals surface area (Å²) >= 11 is 0. The van der Waals surface area contributed by atoms with Crippen LogP contribution in [0.3, 0.4) is 0 Å². The van der Waals surface area contributed by atoms with Crippen molar-refractivity contribution in [3.05, 3.63) is 64.5 Å². The molecule has 6 nitrogen and oxygen atoms in total. The highest BCUT2D eigenvalue weighted by molar-refractivity contribution is 5.78. The molecule has 2 aromatic rings. The number of nitrogens with zero attached hydrogens (tertiary/aromatic N) is 1. The van der Waals surface area contributed by atoms with Crippen LogP contribution in [0.2, 0.25) is 0 Å². The molecule has 3 rings (SSSR count). The third kappa shape index (κ3) is 5.61. The van der Waals surface area contributed by atoms with Crippen LogP contribution < -0.4 is 16.0 Å². The number of carbonyl (C=O) groups excluding carboxylic acids is 2. The van der Waals surface area contributed by atoms with E-state index in [1.807, 2.05) is 39.0 Å². The van der Waals surface area contributed by atoms with Crippen LogP contribution in [0.1, 0.15) is 60.4 Å². The van der Waals surface area contributed by atoms with Crippen LogP contribution in [0.25, 0.3) is 0 Å². The second-order valence-corrected chi connectivity index (χ2v) is 7.96. The lowest BCUT2D eigenvalue weighted by molar-refractivity contribution is -0.141. The summed E-state index contributed by atoms with van der Waals surface area (Å²) in [5.41, 5.74) is 2.17. The standard InChI is InChI=1S/C22H25F3N4O2/c1-12(2)21(31)27-10-14-5-4-13(3)16(8-14)20-28-17(9-19(30)29-20)15-6-7-18(26-11-15)22(23,24)25/h4-8,11-12,17,20,28H,9-10H2,1-3H3,(H,27,31)(H,29,30). The maximum absolute atomic E-state index is 12.8. The van der Waals surface area contributed by atoms with Crippen molar-refractivity contribution in [2.45, 2.75) is 52.1 Å². The third-order valence-corrected chi connectivity index (χ3v) is 5.19. The number of nitrogens with one attached hydrogen (secondary N) is 3. The number of hydrogen-bond donors (Lipinski definition) is 3. The molecular weight excluding hydrogens is 409 g/mol. The van der Waals surface area contributed by atoms with Crippen molar-refractivity contribution >= 4 is 11.8 Å². The van der Waals surface area contributed by atoms with E-state index in [2.05, 4.69) is 20.9 Å². The molecule has 0 spiro atoms. The smallest absolute Gasteiger partial charge is 0.352 e. The van der Waals surface area contributed by atoms with Crippen molar-refractivity contribution in [3.63, 3.8) is 0 Å². The van der Waals surface area contributed by atoms with Gasteiger partial charge in [0.15, 0.2) is 0 Å². The Bertz CT molecular complexity index is 958. The van der Waals surface area contributed by atoms with Crippen LogP contribution in [-0.4, -0.2) is 16.8 Å². The van der Waals surface area contributed by atoms with E-state index in [1.165, 1.54) is 6.07 Å². The van der Waals surface area contributed by atoms with Gasteiger partial charge in [0.05, 0.1) is 0 Å². The Balaban J connectivity index is 1.79. The molecule has 2 atom stereocenters. The quantitative estimate of drug-likeness (QED) is 0.672. The van der Waals surface area contributed by atoms with Crippen molar-refractivity contribution in [3.8, 4) is 0 Å². The van der Waals surface area contributed by atoms with E-state index in [1.54, 1.807) is 0 Å². The molecule has 2 unspecified atom stereocenters. The molecule has 2 heterocycles. The summed E-state index contributed by atoms with van der Waals surface area (Å²) in [4.78, 5) is 27.7. The topological polar surface area (TPSA) is 83.1 Å². The number of hydrogen-bond acceptors (Lipinski definition) is 4. The van der Waals surface area contributed by atoms with Gasteiger partial charge in [0.25, 0.3) is 0 Å². The highest BCUT2D eigenvalue weighted by Crippen LogP contribution is 2.30. The number of aromatic nitrogens is 1. The molecule has 0 radical (unpaired) electrons. The number of rotatable bonds is 5. The van der Waals surface area contributed by atoms with Crippen LogP contribution in [0.5, 0.6) is 0 Å². The maximum Gasteiger partial charge on any atom is 0.433 e. The molecule has 1 aromatic heterocycles. The van der Waals surface area contributed by atoms with Crippen molar-refractivity contribution in [2.75, 3.05) is 0 Å². The molecule has 1 aromatic carbocycles. The first-order valence-electron chi connectivity index (χ1n) is 10.0. The molecule has 1 aliphatic rings. The summed E-state index contributed by atoms with van der Waals surface area (Å²) in [6.45, 7) is 5.89. The molecule has 0 bridgehead atoms. The Kier molecular flexibility index (Phi) is 6.64. The first-order chi connectivity index (χ1) is 14.5. The summed E-state index contributed by atoms with van der Waals surface area (Å²) in [5.74, 6) is -0.394. The zero-order valence-corrected chi connectivity index (χ0v) is 17.5. The Morgan fingerprint density at radius 3 is 2.61 bits per heavy atom. The molecule has 0 saturated carbocycles. The Morgan fingerprint density at radius 1 is 1.26 bits per heavy atom. The van der Waals surface area contributed by atoms with E-state index < -0.39 is 24.1 Å². The van der Waals surface area contributed by atoms with Gasteiger partial charge in [-0.15, -0.1) is 0 Å². The third-order valence-electron chi connectivity index (χ3n) is 5.19. The summed E-state index contributed by atoms with van der Waals surface area (Å²) in [6, 6.07) is 7.50. The summed E-state index contributed by atoms with van der Waals surface area (Å²) in [6.07, 6.45) is -3.79. The van der Waals surface area contributed by atoms with Crippen LogP contribution in [-0.2, 0) is 22.3 Å². The Hall–Kier alpha value is -2.94. The van der Waals surface area contributed by atoms with Crippen LogP contribution >= 0.6 is 0 Å². The fourth-order valence-electron chi connectivity index (χ4n) is 3.37. The normalized spacial score (nSPS) is 19.3. The summed E-state index contributed by atoms with van der Waals surface area (Å²) in [7, 11) is 0. The Morgan fingerprint density at radius 2 is 2.00 bits per heavy atom. The predicted molar refractivity (Wildman–Crippen MR) is 108 cm³/mol. The lowest BCUT2D eigenvalue weighted by atomic mass is 9.97. The number of pyridine rings is 1. The van der Waals surface area contributed by atoms with Gasteiger partial charge in [-0.25, -0.2) is 0 Å². The molecule has 1 fully saturated rings. The number of halogens is 3. The van der Waals surface area contributed by atoms with Gasteiger partial charge < -0.3 is 10.6 Å². The molecule has 3 N–H and O–H groups in total. The zero-order valence-electron chi connectivity index (χ0n) is 17.5. The molecule has 0 aliphatic carbocycles. The first kappa shape index (κ1) is 22.7. The molecular formula is C22H25F3N4O2. The van der Waals surface area contributed by atoms with E-state index in [-0.39, 0.29) is 24.2 Å². The highest BCUT2D eigenvalue weighted by Gasteiger charge is 2.33. The monoisotopic (exact) mass is 434 g/mol. The van der Waals surface area contributed by atoms with Gasteiger partial charge in [0.2, 0.25) is 11.8 Å². The average Bonchev–Trinajstić information content (AvgIpc) is 2.71. The van der Waals surface area contributed by atoms with Crippen LogP contribution in [0.4, 0.5) is 13.2 Å². The molecule has 1 saturated heterocycles. The van der Waals surface area contributed by atoms with Gasteiger partial charge in [-0.3, -0.25) is 19.9 Å². The summed E-state index contributed by atoms with van der Waals surface area (Å²) < 4.78 is 38.3. The molecule has 2 amide bonds. The zero-order chi connectivity index (χ0) is 22.8. The van der Waals surface area contributed by atoms with Gasteiger partial charge in [-0.05, 0) is 35.2 Å². The van der Waals surface area contributed by atoms with Gasteiger partial charge in [-0.1, -0.05) is 38.1 Å². The van der Waals surface area contributed by atoms with Crippen molar-refractivity contribution < 1.29 is 22.8 Å². The fourth-order valence-corrected chi connectivity index (χ4v) is 3.37. The predicted octanol–water partition coefficient (Wildman–Crippen LogP) is 3.53. The van der Waals surface area contributed by atoms with Crippen LogP contribution in [0, 0.1) is 12.8 Å². The van der Waals surface area contributed by atoms with Gasteiger partial charge in [0, 0.05) is 31.1 Å². The maximum atomic E-state index is 12.8. The van der Waals surface area contributed by atoms with E-state index in [0.717, 1.165) is 29.0 Å². The van der Waals surface area contributed by atoms with Gasteiger partial charge in [0.1, 0.15) is 11.9 Å². The fraction of sp³-hybridized carbons (Fsp3) is 0.409. The number of aryl methyl sites for hydroxylation is 1. The minimum absolute atomic E-state index is 0.0545. The van der Waals surface area contributed by atoms with Crippen molar-refractivity contribution in [1.82, 2.24) is 20.9 Å². The number of amides is 2. The van der Waals surface area contributed by atoms with Gasteiger partial charge >= 0.3 is 6.18 Å². The van der Waals surface area contributed by atoms with E-state index in [9.17, 15) is 22.8 Å². The largest absolute Gasteiger partial charge is 0.433 e. The second-order valence-electron chi connectivity index (χ2n) is 7.96. The lowest BCUT2D eigenvalue weighted by Gasteiger charge is -2.33. The van der Waals surface area contributed by atoms with E-state index in [4.69, 9.17) is 0 Å². The molecule has 166 valence electrons. The van der Waals surface area contributed by atoms with E-state index >= 15 is 0 Å². The van der Waals surface area contributed by atoms with Crippen molar-refractivity contribution in [2.24, 2.45) is 5.92 Å². The first-order valence-corrected chi connectivity index (χ1v) is 10.0. The van der Waals surface area contributed by atoms with E-state index in [0.29, 0.717) is 12.1 Å². The summed E-state index contributed by atoms with van der Waals surface area (Å²) in [5, 5.41) is 9.03. The second kappa shape index (κ2) is 9.05. The van der Waals surface area contributed by atoms with Gasteiger partial charge in [-0.2, -0.15) is 13.2 Å². The lowest BCUT2D eigenvalue weighted by Crippen LogP contribution is -2.47. The minimum atomic E-state index is -4.51. The Labute approximate surface area is 178 Å². The average molecular weight is 434 g/mol. The highest BCUT2D eigenvalue weighted by atomic mass is 19.4. The minimum Gasteiger partial charge on any atom is -0.352 e. The SMILES string of the molecule is Cc1ccc(CNC(=O)C(C)C)cc1C1NC(=O)CC(c2ccc(C(F)(F)F)nc2)N1.